The van der Waals surface area contributed by atoms with Crippen molar-refractivity contribution in [3.05, 3.63) is 78.2 Å². The van der Waals surface area contributed by atoms with Crippen LogP contribution in [-0.4, -0.2) is 24.9 Å². The number of aryl methyl sites for hydroxylation is 1. The Hall–Kier alpha value is -3.00. The highest BCUT2D eigenvalue weighted by molar-refractivity contribution is 7.98. The van der Waals surface area contributed by atoms with Gasteiger partial charge in [-0.3, -0.25) is 0 Å². The highest BCUT2D eigenvalue weighted by Crippen LogP contribution is 2.27. The van der Waals surface area contributed by atoms with Crippen LogP contribution >= 0.6 is 11.8 Å². The van der Waals surface area contributed by atoms with Gasteiger partial charge in [-0.05, 0) is 24.1 Å². The molecule has 0 N–H and O–H groups in total. The molecule has 4 aromatic rings. The fraction of sp³-hybridized carbons (Fsp3) is 0.158. The number of hydrogen-bond acceptors (Lipinski definition) is 6. The molecule has 0 saturated heterocycles. The normalized spacial score (nSPS) is 11.0. The zero-order valence-electron chi connectivity index (χ0n) is 14.3. The molecule has 0 aliphatic heterocycles. The Bertz CT molecular complexity index is 1000. The average Bonchev–Trinajstić information content (AvgIpc) is 3.36. The van der Waals surface area contributed by atoms with E-state index >= 15 is 0 Å². The molecule has 0 aliphatic rings. The summed E-state index contributed by atoms with van der Waals surface area (Å²) in [5, 5.41) is 13.0. The van der Waals surface area contributed by atoms with E-state index in [0.29, 0.717) is 34.7 Å². The summed E-state index contributed by atoms with van der Waals surface area (Å²) in [6.45, 7) is 0.634. The summed E-state index contributed by atoms with van der Waals surface area (Å²) in [6, 6.07) is 16.7. The predicted molar refractivity (Wildman–Crippen MR) is 99.4 cm³/mol. The van der Waals surface area contributed by atoms with Gasteiger partial charge >= 0.3 is 0 Å². The van der Waals surface area contributed by atoms with Gasteiger partial charge in [0.25, 0.3) is 0 Å². The van der Waals surface area contributed by atoms with Crippen LogP contribution in [0.1, 0.15) is 11.4 Å². The van der Waals surface area contributed by atoms with Crippen molar-refractivity contribution < 1.29 is 8.91 Å². The summed E-state index contributed by atoms with van der Waals surface area (Å²) in [4.78, 5) is 4.02. The monoisotopic (exact) mass is 381 g/mol. The van der Waals surface area contributed by atoms with Gasteiger partial charge in [0, 0.05) is 6.54 Å². The van der Waals surface area contributed by atoms with Crippen LogP contribution in [0.5, 0.6) is 0 Å². The van der Waals surface area contributed by atoms with Crippen molar-refractivity contribution in [2.45, 2.75) is 23.9 Å². The minimum atomic E-state index is -0.319. The number of nitrogens with zero attached hydrogens (tertiary/aromatic N) is 5. The van der Waals surface area contributed by atoms with Gasteiger partial charge in [-0.25, -0.2) is 4.39 Å². The van der Waals surface area contributed by atoms with E-state index in [2.05, 4.69) is 32.5 Å². The minimum absolute atomic E-state index is 0.319. The number of aromatic nitrogens is 5. The highest BCUT2D eigenvalue weighted by atomic mass is 32.2. The minimum Gasteiger partial charge on any atom is -0.343 e. The average molecular weight is 381 g/mol. The SMILES string of the molecule is Fc1ccccc1-c1nnc(SCc2ncon2)n1CCc1ccccc1. The second-order valence-electron chi connectivity index (χ2n) is 5.81. The third-order valence-corrected chi connectivity index (χ3v) is 5.00. The quantitative estimate of drug-likeness (QED) is 0.451. The summed E-state index contributed by atoms with van der Waals surface area (Å²) >= 11 is 1.44. The van der Waals surface area contributed by atoms with E-state index in [9.17, 15) is 4.39 Å². The zero-order chi connectivity index (χ0) is 18.5. The molecule has 136 valence electrons. The molecule has 0 unspecified atom stereocenters. The Kier molecular flexibility index (Phi) is 5.24. The first kappa shape index (κ1) is 17.4. The van der Waals surface area contributed by atoms with Crippen LogP contribution in [0.15, 0.2) is 70.7 Å². The Morgan fingerprint density at radius 2 is 1.81 bits per heavy atom. The van der Waals surface area contributed by atoms with Crippen LogP contribution in [0.2, 0.25) is 0 Å². The van der Waals surface area contributed by atoms with Crippen LogP contribution < -0.4 is 0 Å². The summed E-state index contributed by atoms with van der Waals surface area (Å²) in [5.41, 5.74) is 1.63. The van der Waals surface area contributed by atoms with E-state index in [0.717, 1.165) is 6.42 Å². The molecule has 0 atom stereocenters. The maximum absolute atomic E-state index is 14.3. The van der Waals surface area contributed by atoms with E-state index in [-0.39, 0.29) is 5.82 Å². The van der Waals surface area contributed by atoms with Gasteiger partial charge < -0.3 is 9.09 Å². The maximum atomic E-state index is 14.3. The van der Waals surface area contributed by atoms with Crippen molar-refractivity contribution in [3.8, 4) is 11.4 Å². The van der Waals surface area contributed by atoms with Gasteiger partial charge in [0.1, 0.15) is 5.82 Å². The molecule has 6 nitrogen and oxygen atoms in total. The Morgan fingerprint density at radius 1 is 1.00 bits per heavy atom. The van der Waals surface area contributed by atoms with E-state index in [1.54, 1.807) is 18.2 Å². The van der Waals surface area contributed by atoms with Gasteiger partial charge in [-0.15, -0.1) is 10.2 Å². The third kappa shape index (κ3) is 4.06. The van der Waals surface area contributed by atoms with Crippen LogP contribution in [-0.2, 0) is 18.7 Å². The van der Waals surface area contributed by atoms with Crippen molar-refractivity contribution in [3.63, 3.8) is 0 Å². The van der Waals surface area contributed by atoms with Crippen molar-refractivity contribution >= 4 is 11.8 Å². The molecule has 0 amide bonds. The second kappa shape index (κ2) is 8.13. The van der Waals surface area contributed by atoms with Gasteiger partial charge in [-0.2, -0.15) is 4.98 Å². The molecule has 0 radical (unpaired) electrons. The Labute approximate surface area is 159 Å². The van der Waals surface area contributed by atoms with E-state index in [1.165, 1.54) is 29.8 Å². The van der Waals surface area contributed by atoms with E-state index in [1.807, 2.05) is 22.8 Å². The van der Waals surface area contributed by atoms with Gasteiger partial charge in [0.05, 0.1) is 11.3 Å². The topological polar surface area (TPSA) is 69.6 Å². The maximum Gasteiger partial charge on any atom is 0.213 e. The molecule has 8 heteroatoms. The third-order valence-electron chi connectivity index (χ3n) is 4.04. The van der Waals surface area contributed by atoms with E-state index in [4.69, 9.17) is 4.52 Å². The van der Waals surface area contributed by atoms with Crippen molar-refractivity contribution in [1.82, 2.24) is 24.9 Å². The molecule has 0 fully saturated rings. The van der Waals surface area contributed by atoms with Gasteiger partial charge in [-0.1, -0.05) is 59.4 Å². The van der Waals surface area contributed by atoms with Crippen LogP contribution in [0.3, 0.4) is 0 Å². The summed E-state index contributed by atoms with van der Waals surface area (Å²) in [7, 11) is 0. The molecule has 2 aromatic heterocycles. The molecular weight excluding hydrogens is 365 g/mol. The molecule has 0 saturated carbocycles. The van der Waals surface area contributed by atoms with Crippen molar-refractivity contribution in [2.75, 3.05) is 0 Å². The number of halogens is 1. The molecule has 2 heterocycles. The molecule has 0 bridgehead atoms. The van der Waals surface area contributed by atoms with E-state index < -0.39 is 0 Å². The molecule has 2 aromatic carbocycles. The Morgan fingerprint density at radius 3 is 2.59 bits per heavy atom. The number of benzene rings is 2. The predicted octanol–water partition coefficient (Wildman–Crippen LogP) is 4.00. The van der Waals surface area contributed by atoms with Gasteiger partial charge in [0.2, 0.25) is 6.39 Å². The molecular formula is C19H16FN5OS. The van der Waals surface area contributed by atoms with Crippen molar-refractivity contribution in [2.24, 2.45) is 0 Å². The van der Waals surface area contributed by atoms with Crippen molar-refractivity contribution in [1.29, 1.82) is 0 Å². The first-order valence-corrected chi connectivity index (χ1v) is 9.40. The van der Waals surface area contributed by atoms with Crippen LogP contribution in [0, 0.1) is 5.82 Å². The number of thioether (sulfide) groups is 1. The fourth-order valence-electron chi connectivity index (χ4n) is 2.71. The molecule has 0 spiro atoms. The zero-order valence-corrected chi connectivity index (χ0v) is 15.1. The lowest BCUT2D eigenvalue weighted by molar-refractivity contribution is 0.412. The fourth-order valence-corrected chi connectivity index (χ4v) is 3.53. The summed E-state index contributed by atoms with van der Waals surface area (Å²) in [5.74, 6) is 1.27. The lowest BCUT2D eigenvalue weighted by Gasteiger charge is -2.10. The number of hydrogen-bond donors (Lipinski definition) is 0. The smallest absolute Gasteiger partial charge is 0.213 e. The molecule has 27 heavy (non-hydrogen) atoms. The van der Waals surface area contributed by atoms with Crippen LogP contribution in [0.25, 0.3) is 11.4 Å². The Balaban J connectivity index is 1.63. The highest BCUT2D eigenvalue weighted by Gasteiger charge is 2.17. The largest absolute Gasteiger partial charge is 0.343 e. The lowest BCUT2D eigenvalue weighted by atomic mass is 10.1. The molecule has 4 rings (SSSR count). The summed E-state index contributed by atoms with van der Waals surface area (Å²) < 4.78 is 21.0. The number of rotatable bonds is 7. The molecule has 0 aliphatic carbocycles. The van der Waals surface area contributed by atoms with Crippen LogP contribution in [0.4, 0.5) is 4.39 Å². The lowest BCUT2D eigenvalue weighted by Crippen LogP contribution is -2.06. The second-order valence-corrected chi connectivity index (χ2v) is 6.75. The first-order chi connectivity index (χ1) is 13.3. The van der Waals surface area contributed by atoms with Gasteiger partial charge in [0.15, 0.2) is 16.8 Å². The summed E-state index contributed by atoms with van der Waals surface area (Å²) in [6.07, 6.45) is 2.08. The standard InChI is InChI=1S/C19H16FN5OS/c20-16-9-5-4-8-15(16)18-22-23-19(27-12-17-21-13-26-24-17)25(18)11-10-14-6-2-1-3-7-14/h1-9,13H,10-12H2. The first-order valence-electron chi connectivity index (χ1n) is 8.41.